The van der Waals surface area contributed by atoms with E-state index in [9.17, 15) is 13.2 Å². The molecule has 0 atom stereocenters. The molecule has 0 amide bonds. The maximum atomic E-state index is 12.6. The first-order chi connectivity index (χ1) is 13.6. The Morgan fingerprint density at radius 1 is 1.21 bits per heavy atom. The van der Waals surface area contributed by atoms with E-state index in [0.717, 1.165) is 0 Å². The number of rotatable bonds is 4. The largest absolute Gasteiger partial charge is 0.483 e. The van der Waals surface area contributed by atoms with Crippen LogP contribution >= 0.6 is 11.6 Å². The summed E-state index contributed by atoms with van der Waals surface area (Å²) in [5.74, 6) is 0.511. The summed E-state index contributed by atoms with van der Waals surface area (Å²) in [6, 6.07) is 8.11. The van der Waals surface area contributed by atoms with Crippen LogP contribution in [0.2, 0.25) is 5.02 Å². The van der Waals surface area contributed by atoms with Crippen molar-refractivity contribution in [2.24, 2.45) is 4.99 Å². The minimum absolute atomic E-state index is 0.0918. The SMILES string of the molecule is CC1(C)CN=C(c2cn3cc(Cl)cc(-c4ccccc4OCC(F)(F)F)c3n2)O1. The molecule has 0 unspecified atom stereocenters. The number of pyridine rings is 1. The first kappa shape index (κ1) is 19.6. The fourth-order valence-corrected chi connectivity index (χ4v) is 3.28. The molecule has 5 nitrogen and oxygen atoms in total. The zero-order chi connectivity index (χ0) is 20.8. The molecule has 1 aromatic carbocycles. The average molecular weight is 424 g/mol. The maximum absolute atomic E-state index is 12.6. The van der Waals surface area contributed by atoms with Crippen molar-refractivity contribution in [3.63, 3.8) is 0 Å². The number of nitrogens with zero attached hydrogens (tertiary/aromatic N) is 3. The van der Waals surface area contributed by atoms with Gasteiger partial charge in [0.15, 0.2) is 6.61 Å². The molecule has 3 heterocycles. The highest BCUT2D eigenvalue weighted by Gasteiger charge is 2.31. The van der Waals surface area contributed by atoms with Crippen molar-refractivity contribution in [2.75, 3.05) is 13.2 Å². The Hall–Kier alpha value is -2.74. The molecule has 0 bridgehead atoms. The molecule has 0 radical (unpaired) electrons. The molecule has 4 rings (SSSR count). The van der Waals surface area contributed by atoms with Gasteiger partial charge in [0.25, 0.3) is 0 Å². The quantitative estimate of drug-likeness (QED) is 0.583. The number of ether oxygens (including phenoxy) is 2. The Bertz CT molecular complexity index is 1110. The van der Waals surface area contributed by atoms with Crippen molar-refractivity contribution < 1.29 is 22.6 Å². The first-order valence-electron chi connectivity index (χ1n) is 8.82. The van der Waals surface area contributed by atoms with E-state index in [-0.39, 0.29) is 5.75 Å². The molecule has 0 spiro atoms. The summed E-state index contributed by atoms with van der Waals surface area (Å²) < 4.78 is 50.5. The highest BCUT2D eigenvalue weighted by atomic mass is 35.5. The summed E-state index contributed by atoms with van der Waals surface area (Å²) >= 11 is 6.26. The van der Waals surface area contributed by atoms with Crippen molar-refractivity contribution in [2.45, 2.75) is 25.6 Å². The third-order valence-corrected chi connectivity index (χ3v) is 4.49. The van der Waals surface area contributed by atoms with Crippen molar-refractivity contribution >= 4 is 23.1 Å². The summed E-state index contributed by atoms with van der Waals surface area (Å²) in [5, 5.41) is 0.400. The van der Waals surface area contributed by atoms with Crippen LogP contribution in [0.3, 0.4) is 0 Å². The minimum atomic E-state index is -4.44. The lowest BCUT2D eigenvalue weighted by Crippen LogP contribution is -2.24. The Labute approximate surface area is 169 Å². The molecular weight excluding hydrogens is 407 g/mol. The number of alkyl halides is 3. The second-order valence-corrected chi connectivity index (χ2v) is 7.75. The number of aliphatic imine (C=N–C) groups is 1. The lowest BCUT2D eigenvalue weighted by atomic mass is 10.1. The van der Waals surface area contributed by atoms with Crippen molar-refractivity contribution in [3.8, 4) is 16.9 Å². The van der Waals surface area contributed by atoms with E-state index in [1.54, 1.807) is 41.1 Å². The molecule has 0 fully saturated rings. The van der Waals surface area contributed by atoms with Crippen LogP contribution in [-0.2, 0) is 4.74 Å². The van der Waals surface area contributed by atoms with E-state index >= 15 is 0 Å². The van der Waals surface area contributed by atoms with Crippen LogP contribution in [0, 0.1) is 0 Å². The van der Waals surface area contributed by atoms with Gasteiger partial charge in [-0.3, -0.25) is 0 Å². The van der Waals surface area contributed by atoms with E-state index in [1.165, 1.54) is 6.07 Å². The third kappa shape index (κ3) is 4.17. The molecule has 29 heavy (non-hydrogen) atoms. The van der Waals surface area contributed by atoms with Gasteiger partial charge in [0, 0.05) is 23.5 Å². The first-order valence-corrected chi connectivity index (χ1v) is 9.20. The number of benzene rings is 1. The molecule has 152 valence electrons. The van der Waals surface area contributed by atoms with Gasteiger partial charge in [0.2, 0.25) is 5.90 Å². The van der Waals surface area contributed by atoms with Gasteiger partial charge < -0.3 is 13.9 Å². The molecule has 2 aromatic heterocycles. The molecule has 1 aliphatic rings. The summed E-state index contributed by atoms with van der Waals surface area (Å²) in [7, 11) is 0. The van der Waals surface area contributed by atoms with Crippen LogP contribution in [0.1, 0.15) is 19.5 Å². The Morgan fingerprint density at radius 2 is 1.97 bits per heavy atom. The van der Waals surface area contributed by atoms with Gasteiger partial charge in [0.1, 0.15) is 22.7 Å². The highest BCUT2D eigenvalue weighted by molar-refractivity contribution is 6.31. The standard InChI is InChI=1S/C20H17ClF3N3O2/c1-19(2)10-25-18(29-19)15-9-27-8-12(21)7-14(17(27)26-15)13-5-3-4-6-16(13)28-11-20(22,23)24/h3-9H,10-11H2,1-2H3. The smallest absolute Gasteiger partial charge is 0.422 e. The lowest BCUT2D eigenvalue weighted by molar-refractivity contribution is -0.153. The predicted octanol–water partition coefficient (Wildman–Crippen LogP) is 5.15. The van der Waals surface area contributed by atoms with Gasteiger partial charge in [-0.05, 0) is 26.0 Å². The van der Waals surface area contributed by atoms with Crippen molar-refractivity contribution in [3.05, 3.63) is 53.4 Å². The van der Waals surface area contributed by atoms with Gasteiger partial charge >= 0.3 is 6.18 Å². The Kier molecular flexibility index (Phi) is 4.69. The molecule has 3 aromatic rings. The van der Waals surface area contributed by atoms with Gasteiger partial charge in [-0.1, -0.05) is 29.8 Å². The Balaban J connectivity index is 1.79. The van der Waals surface area contributed by atoms with Crippen LogP contribution in [0.25, 0.3) is 16.8 Å². The monoisotopic (exact) mass is 423 g/mol. The van der Waals surface area contributed by atoms with E-state index < -0.39 is 18.4 Å². The van der Waals surface area contributed by atoms with Crippen LogP contribution in [0.4, 0.5) is 13.2 Å². The fraction of sp³-hybridized carbons (Fsp3) is 0.300. The van der Waals surface area contributed by atoms with Crippen molar-refractivity contribution in [1.82, 2.24) is 9.38 Å². The van der Waals surface area contributed by atoms with Crippen LogP contribution in [0.15, 0.2) is 47.7 Å². The van der Waals surface area contributed by atoms with E-state index in [1.807, 2.05) is 13.8 Å². The number of aromatic nitrogens is 2. The lowest BCUT2D eigenvalue weighted by Gasteiger charge is -2.16. The second kappa shape index (κ2) is 6.95. The number of fused-ring (bicyclic) bond motifs is 1. The predicted molar refractivity (Wildman–Crippen MR) is 104 cm³/mol. The number of hydrogen-bond acceptors (Lipinski definition) is 4. The van der Waals surface area contributed by atoms with E-state index in [0.29, 0.717) is 39.9 Å². The third-order valence-electron chi connectivity index (χ3n) is 4.28. The number of imidazole rings is 1. The highest BCUT2D eigenvalue weighted by Crippen LogP contribution is 2.35. The van der Waals surface area contributed by atoms with Crippen molar-refractivity contribution in [1.29, 1.82) is 0 Å². The number of halogens is 4. The van der Waals surface area contributed by atoms with Crippen LogP contribution in [-0.4, -0.2) is 40.2 Å². The average Bonchev–Trinajstić information content (AvgIpc) is 3.21. The van der Waals surface area contributed by atoms with Crippen LogP contribution in [0.5, 0.6) is 5.75 Å². The number of hydrogen-bond donors (Lipinski definition) is 0. The molecule has 0 saturated carbocycles. The zero-order valence-corrected chi connectivity index (χ0v) is 16.4. The van der Waals surface area contributed by atoms with Gasteiger partial charge in [-0.2, -0.15) is 13.2 Å². The second-order valence-electron chi connectivity index (χ2n) is 7.31. The summed E-state index contributed by atoms with van der Waals surface area (Å²) in [6.07, 6.45) is -1.05. The van der Waals surface area contributed by atoms with Gasteiger partial charge in [0.05, 0.1) is 11.6 Å². The number of para-hydroxylation sites is 1. The fourth-order valence-electron chi connectivity index (χ4n) is 3.06. The normalized spacial score (nSPS) is 16.0. The van der Waals surface area contributed by atoms with E-state index in [2.05, 4.69) is 9.98 Å². The molecule has 0 N–H and O–H groups in total. The van der Waals surface area contributed by atoms with Crippen LogP contribution < -0.4 is 4.74 Å². The Morgan fingerprint density at radius 3 is 2.66 bits per heavy atom. The molecule has 1 aliphatic heterocycles. The molecular formula is C20H17ClF3N3O2. The summed E-state index contributed by atoms with van der Waals surface area (Å²) in [4.78, 5) is 8.99. The zero-order valence-electron chi connectivity index (χ0n) is 15.6. The van der Waals surface area contributed by atoms with Gasteiger partial charge in [-0.25, -0.2) is 9.98 Å². The minimum Gasteiger partial charge on any atom is -0.483 e. The molecule has 0 saturated heterocycles. The van der Waals surface area contributed by atoms with Gasteiger partial charge in [-0.15, -0.1) is 0 Å². The molecule has 9 heteroatoms. The van der Waals surface area contributed by atoms with E-state index in [4.69, 9.17) is 21.1 Å². The molecule has 0 aliphatic carbocycles. The summed E-state index contributed by atoms with van der Waals surface area (Å²) in [5.41, 5.74) is 1.61. The summed E-state index contributed by atoms with van der Waals surface area (Å²) in [6.45, 7) is 2.98. The maximum Gasteiger partial charge on any atom is 0.422 e. The topological polar surface area (TPSA) is 48.1 Å².